The third-order valence-corrected chi connectivity index (χ3v) is 3.57. The number of thioether (sulfide) groups is 1. The Hall–Kier alpha value is -1.12. The summed E-state index contributed by atoms with van der Waals surface area (Å²) < 4.78 is 25.9. The van der Waals surface area contributed by atoms with Crippen LogP contribution in [0.25, 0.3) is 0 Å². The molecule has 5 heteroatoms. The zero-order valence-corrected chi connectivity index (χ0v) is 9.87. The van der Waals surface area contributed by atoms with E-state index < -0.39 is 17.2 Å². The Morgan fingerprint density at radius 2 is 2.19 bits per heavy atom. The van der Waals surface area contributed by atoms with E-state index in [2.05, 4.69) is 11.4 Å². The molecule has 0 bridgehead atoms. The predicted molar refractivity (Wildman–Crippen MR) is 60.2 cm³/mol. The summed E-state index contributed by atoms with van der Waals surface area (Å²) in [6, 6.07) is 5.52. The fraction of sp³-hybridized carbons (Fsp3) is 0.364. The highest BCUT2D eigenvalue weighted by Crippen LogP contribution is 2.25. The van der Waals surface area contributed by atoms with Crippen LogP contribution >= 0.6 is 11.8 Å². The van der Waals surface area contributed by atoms with Crippen LogP contribution in [0.4, 0.5) is 8.78 Å². The molecule has 0 fully saturated rings. The van der Waals surface area contributed by atoms with Gasteiger partial charge in [-0.25, -0.2) is 8.78 Å². The average Bonchev–Trinajstić information content (AvgIpc) is 2.27. The van der Waals surface area contributed by atoms with Crippen LogP contribution in [0.2, 0.25) is 0 Å². The summed E-state index contributed by atoms with van der Waals surface area (Å²) in [6.07, 6.45) is 0. The van der Waals surface area contributed by atoms with Crippen molar-refractivity contribution in [2.75, 3.05) is 12.8 Å². The summed E-state index contributed by atoms with van der Waals surface area (Å²) in [5, 5.41) is 11.7. The van der Waals surface area contributed by atoms with Gasteiger partial charge >= 0.3 is 0 Å². The minimum atomic E-state index is -0.717. The molecule has 86 valence electrons. The number of hydrogen-bond donors (Lipinski definition) is 1. The van der Waals surface area contributed by atoms with Crippen LogP contribution in [0.15, 0.2) is 23.1 Å². The first-order valence-corrected chi connectivity index (χ1v) is 5.67. The van der Waals surface area contributed by atoms with Crippen molar-refractivity contribution in [1.82, 2.24) is 5.32 Å². The van der Waals surface area contributed by atoms with Gasteiger partial charge in [-0.2, -0.15) is 5.26 Å². The standard InChI is InChI=1S/C11H12F2N2S/c1-11(6-14,15-2)7-16-10-4-3-8(12)5-9(10)13/h3-5,15H,7H2,1-2H3. The Labute approximate surface area is 97.7 Å². The molecule has 0 saturated carbocycles. The lowest BCUT2D eigenvalue weighted by atomic mass is 10.1. The van der Waals surface area contributed by atoms with Crippen LogP contribution in [-0.4, -0.2) is 18.3 Å². The van der Waals surface area contributed by atoms with Crippen molar-refractivity contribution in [3.63, 3.8) is 0 Å². The number of rotatable bonds is 4. The van der Waals surface area contributed by atoms with E-state index >= 15 is 0 Å². The Morgan fingerprint density at radius 3 is 2.69 bits per heavy atom. The number of hydrogen-bond acceptors (Lipinski definition) is 3. The minimum Gasteiger partial charge on any atom is -0.302 e. The summed E-state index contributed by atoms with van der Waals surface area (Å²) in [4.78, 5) is 0.345. The summed E-state index contributed by atoms with van der Waals surface area (Å²) in [5.41, 5.74) is -0.717. The second-order valence-corrected chi connectivity index (χ2v) is 4.57. The van der Waals surface area contributed by atoms with Crippen LogP contribution < -0.4 is 5.32 Å². The highest BCUT2D eigenvalue weighted by Gasteiger charge is 2.21. The fourth-order valence-electron chi connectivity index (χ4n) is 0.975. The first-order chi connectivity index (χ1) is 7.50. The second kappa shape index (κ2) is 5.28. The molecular formula is C11H12F2N2S. The van der Waals surface area contributed by atoms with E-state index in [4.69, 9.17) is 5.26 Å². The molecule has 2 nitrogen and oxygen atoms in total. The Kier molecular flexibility index (Phi) is 4.27. The summed E-state index contributed by atoms with van der Waals surface area (Å²) >= 11 is 1.19. The predicted octanol–water partition coefficient (Wildman–Crippen LogP) is 2.56. The molecule has 1 rings (SSSR count). The van der Waals surface area contributed by atoms with Crippen molar-refractivity contribution in [1.29, 1.82) is 5.26 Å². The number of nitrogens with one attached hydrogen (secondary N) is 1. The zero-order chi connectivity index (χ0) is 12.2. The second-order valence-electron chi connectivity index (χ2n) is 3.56. The van der Waals surface area contributed by atoms with E-state index in [1.165, 1.54) is 23.9 Å². The van der Waals surface area contributed by atoms with Gasteiger partial charge in [0.1, 0.15) is 17.2 Å². The normalized spacial score (nSPS) is 14.2. The van der Waals surface area contributed by atoms with Gasteiger partial charge in [-0.1, -0.05) is 0 Å². The molecule has 1 aromatic rings. The van der Waals surface area contributed by atoms with Crippen LogP contribution in [-0.2, 0) is 0 Å². The lowest BCUT2D eigenvalue weighted by molar-refractivity contribution is 0.547. The maximum atomic E-state index is 13.3. The molecule has 0 heterocycles. The summed E-state index contributed by atoms with van der Waals surface area (Å²) in [6.45, 7) is 1.72. The quantitative estimate of drug-likeness (QED) is 0.824. The third-order valence-electron chi connectivity index (χ3n) is 2.21. The van der Waals surface area contributed by atoms with Gasteiger partial charge in [0.2, 0.25) is 0 Å². The number of benzene rings is 1. The molecule has 16 heavy (non-hydrogen) atoms. The molecule has 1 atom stereocenters. The van der Waals surface area contributed by atoms with Crippen LogP contribution in [0.3, 0.4) is 0 Å². The van der Waals surface area contributed by atoms with Crippen LogP contribution in [0, 0.1) is 23.0 Å². The van der Waals surface area contributed by atoms with Crippen molar-refractivity contribution in [3.8, 4) is 6.07 Å². The van der Waals surface area contributed by atoms with E-state index in [9.17, 15) is 8.78 Å². The lowest BCUT2D eigenvalue weighted by Crippen LogP contribution is -2.40. The first kappa shape index (κ1) is 12.9. The van der Waals surface area contributed by atoms with E-state index in [-0.39, 0.29) is 0 Å². The molecule has 0 amide bonds. The first-order valence-electron chi connectivity index (χ1n) is 4.69. The smallest absolute Gasteiger partial charge is 0.139 e. The zero-order valence-electron chi connectivity index (χ0n) is 9.05. The van der Waals surface area contributed by atoms with Gasteiger partial charge in [0.05, 0.1) is 6.07 Å². The molecule has 1 unspecified atom stereocenters. The molecule has 0 aliphatic heterocycles. The van der Waals surface area contributed by atoms with E-state index in [0.29, 0.717) is 10.6 Å². The van der Waals surface area contributed by atoms with Gasteiger partial charge in [0.15, 0.2) is 0 Å². The third kappa shape index (κ3) is 3.19. The van der Waals surface area contributed by atoms with Gasteiger partial charge < -0.3 is 5.32 Å². The van der Waals surface area contributed by atoms with Crippen molar-refractivity contribution in [3.05, 3.63) is 29.8 Å². The van der Waals surface area contributed by atoms with Gasteiger partial charge in [0, 0.05) is 16.7 Å². The minimum absolute atomic E-state index is 0.345. The van der Waals surface area contributed by atoms with Gasteiger partial charge in [-0.15, -0.1) is 11.8 Å². The fourth-order valence-corrected chi connectivity index (χ4v) is 1.99. The van der Waals surface area contributed by atoms with Crippen molar-refractivity contribution in [2.24, 2.45) is 0 Å². The van der Waals surface area contributed by atoms with Crippen molar-refractivity contribution in [2.45, 2.75) is 17.4 Å². The lowest BCUT2D eigenvalue weighted by Gasteiger charge is -2.19. The molecule has 0 saturated heterocycles. The molecule has 0 aliphatic rings. The molecule has 1 N–H and O–H groups in total. The monoisotopic (exact) mass is 242 g/mol. The molecule has 0 aliphatic carbocycles. The summed E-state index contributed by atoms with van der Waals surface area (Å²) in [5.74, 6) is -0.803. The Morgan fingerprint density at radius 1 is 1.50 bits per heavy atom. The van der Waals surface area contributed by atoms with E-state index in [1.54, 1.807) is 14.0 Å². The van der Waals surface area contributed by atoms with Crippen LogP contribution in [0.5, 0.6) is 0 Å². The largest absolute Gasteiger partial charge is 0.302 e. The highest BCUT2D eigenvalue weighted by atomic mass is 32.2. The van der Waals surface area contributed by atoms with Gasteiger partial charge in [-0.05, 0) is 26.1 Å². The topological polar surface area (TPSA) is 35.8 Å². The SMILES string of the molecule is CNC(C)(C#N)CSc1ccc(F)cc1F. The number of nitriles is 1. The maximum Gasteiger partial charge on any atom is 0.139 e. The highest BCUT2D eigenvalue weighted by molar-refractivity contribution is 7.99. The van der Waals surface area contributed by atoms with E-state index in [1.807, 2.05) is 0 Å². The maximum absolute atomic E-state index is 13.3. The molecular weight excluding hydrogens is 230 g/mol. The number of nitrogens with zero attached hydrogens (tertiary/aromatic N) is 1. The molecule has 1 aromatic carbocycles. The van der Waals surface area contributed by atoms with Gasteiger partial charge in [-0.3, -0.25) is 0 Å². The molecule has 0 spiro atoms. The Balaban J connectivity index is 2.72. The average molecular weight is 242 g/mol. The van der Waals surface area contributed by atoms with Crippen molar-refractivity contribution >= 4 is 11.8 Å². The molecule has 0 radical (unpaired) electrons. The van der Waals surface area contributed by atoms with Crippen molar-refractivity contribution < 1.29 is 8.78 Å². The van der Waals surface area contributed by atoms with Crippen LogP contribution in [0.1, 0.15) is 6.92 Å². The molecule has 0 aromatic heterocycles. The Bertz CT molecular complexity index is 417. The summed E-state index contributed by atoms with van der Waals surface area (Å²) in [7, 11) is 1.67. The number of halogens is 2. The van der Waals surface area contributed by atoms with E-state index in [0.717, 1.165) is 6.07 Å². The van der Waals surface area contributed by atoms with Gasteiger partial charge in [0.25, 0.3) is 0 Å².